The predicted molar refractivity (Wildman–Crippen MR) is 81.9 cm³/mol. The molecular weight excluding hydrogens is 266 g/mol. The standard InChI is InChI=1S/C16H17N3O2/c1-12(20)9-16(21)19-14-7-8-15(18-11-14)17-10-13-5-3-2-4-6-13/h2-8,11H,9-10H2,1H3,(H,17,18)(H,19,21). The molecule has 2 aromatic rings. The molecule has 2 N–H and O–H groups in total. The van der Waals surface area contributed by atoms with Gasteiger partial charge in [-0.15, -0.1) is 0 Å². The Morgan fingerprint density at radius 2 is 1.86 bits per heavy atom. The molecule has 1 aromatic carbocycles. The Morgan fingerprint density at radius 3 is 2.48 bits per heavy atom. The highest BCUT2D eigenvalue weighted by molar-refractivity contribution is 6.03. The number of hydrogen-bond acceptors (Lipinski definition) is 4. The lowest BCUT2D eigenvalue weighted by Crippen LogP contribution is -2.14. The van der Waals surface area contributed by atoms with Gasteiger partial charge in [0.1, 0.15) is 11.6 Å². The van der Waals surface area contributed by atoms with E-state index in [0.717, 1.165) is 11.4 Å². The van der Waals surface area contributed by atoms with E-state index in [1.807, 2.05) is 30.3 Å². The van der Waals surface area contributed by atoms with Crippen LogP contribution in [0.25, 0.3) is 0 Å². The number of benzene rings is 1. The molecule has 108 valence electrons. The van der Waals surface area contributed by atoms with Crippen LogP contribution in [0.2, 0.25) is 0 Å². The molecule has 0 aliphatic carbocycles. The summed E-state index contributed by atoms with van der Waals surface area (Å²) in [5.41, 5.74) is 1.74. The van der Waals surface area contributed by atoms with Gasteiger partial charge < -0.3 is 10.6 Å². The molecule has 0 aliphatic heterocycles. The van der Waals surface area contributed by atoms with Crippen LogP contribution < -0.4 is 10.6 Å². The number of carbonyl (C=O) groups excluding carboxylic acids is 2. The van der Waals surface area contributed by atoms with Crippen LogP contribution in [-0.4, -0.2) is 16.7 Å². The van der Waals surface area contributed by atoms with Gasteiger partial charge in [0, 0.05) is 6.54 Å². The molecule has 0 unspecified atom stereocenters. The number of nitrogens with zero attached hydrogens (tertiary/aromatic N) is 1. The topological polar surface area (TPSA) is 71.1 Å². The minimum absolute atomic E-state index is 0.117. The lowest BCUT2D eigenvalue weighted by molar-refractivity contribution is -0.124. The van der Waals surface area contributed by atoms with Crippen molar-refractivity contribution in [3.63, 3.8) is 0 Å². The van der Waals surface area contributed by atoms with Crippen LogP contribution in [-0.2, 0) is 16.1 Å². The van der Waals surface area contributed by atoms with E-state index in [4.69, 9.17) is 0 Å². The van der Waals surface area contributed by atoms with Crippen molar-refractivity contribution >= 4 is 23.2 Å². The van der Waals surface area contributed by atoms with Crippen molar-refractivity contribution in [2.24, 2.45) is 0 Å². The highest BCUT2D eigenvalue weighted by Gasteiger charge is 2.05. The first-order valence-electron chi connectivity index (χ1n) is 6.66. The second-order valence-corrected chi connectivity index (χ2v) is 4.70. The maximum atomic E-state index is 11.4. The number of ketones is 1. The van der Waals surface area contributed by atoms with Gasteiger partial charge in [0.15, 0.2) is 0 Å². The number of hydrogen-bond donors (Lipinski definition) is 2. The fourth-order valence-electron chi connectivity index (χ4n) is 1.79. The molecule has 0 aliphatic rings. The van der Waals surface area contributed by atoms with Crippen LogP contribution in [0.3, 0.4) is 0 Å². The molecule has 21 heavy (non-hydrogen) atoms. The lowest BCUT2D eigenvalue weighted by atomic mass is 10.2. The zero-order valence-electron chi connectivity index (χ0n) is 11.8. The molecule has 1 heterocycles. The fourth-order valence-corrected chi connectivity index (χ4v) is 1.79. The molecule has 0 fully saturated rings. The van der Waals surface area contributed by atoms with Crippen LogP contribution >= 0.6 is 0 Å². The van der Waals surface area contributed by atoms with Gasteiger partial charge >= 0.3 is 0 Å². The molecule has 5 heteroatoms. The normalized spacial score (nSPS) is 9.95. The number of nitrogens with one attached hydrogen (secondary N) is 2. The number of aromatic nitrogens is 1. The quantitative estimate of drug-likeness (QED) is 0.799. The summed E-state index contributed by atoms with van der Waals surface area (Å²) in [6.45, 7) is 2.07. The Morgan fingerprint density at radius 1 is 1.10 bits per heavy atom. The van der Waals surface area contributed by atoms with E-state index in [0.29, 0.717) is 12.2 Å². The summed E-state index contributed by atoms with van der Waals surface area (Å²) in [7, 11) is 0. The molecule has 0 atom stereocenters. The molecule has 0 radical (unpaired) electrons. The average Bonchev–Trinajstić information content (AvgIpc) is 2.47. The average molecular weight is 283 g/mol. The van der Waals surface area contributed by atoms with Crippen LogP contribution in [0, 0.1) is 0 Å². The van der Waals surface area contributed by atoms with E-state index in [2.05, 4.69) is 15.6 Å². The van der Waals surface area contributed by atoms with E-state index in [1.54, 1.807) is 18.3 Å². The van der Waals surface area contributed by atoms with E-state index >= 15 is 0 Å². The molecule has 0 spiro atoms. The van der Waals surface area contributed by atoms with Gasteiger partial charge in [0.25, 0.3) is 0 Å². The lowest BCUT2D eigenvalue weighted by Gasteiger charge is -2.07. The summed E-state index contributed by atoms with van der Waals surface area (Å²) in [6, 6.07) is 13.5. The zero-order valence-corrected chi connectivity index (χ0v) is 11.8. The second-order valence-electron chi connectivity index (χ2n) is 4.70. The monoisotopic (exact) mass is 283 g/mol. The SMILES string of the molecule is CC(=O)CC(=O)Nc1ccc(NCc2ccccc2)nc1. The van der Waals surface area contributed by atoms with E-state index in [1.165, 1.54) is 6.92 Å². The first-order valence-corrected chi connectivity index (χ1v) is 6.66. The Hall–Kier alpha value is -2.69. The molecule has 0 bridgehead atoms. The van der Waals surface area contributed by atoms with E-state index < -0.39 is 0 Å². The molecule has 0 saturated heterocycles. The maximum Gasteiger partial charge on any atom is 0.231 e. The predicted octanol–water partition coefficient (Wildman–Crippen LogP) is 2.61. The van der Waals surface area contributed by atoms with Gasteiger partial charge in [-0.05, 0) is 24.6 Å². The van der Waals surface area contributed by atoms with Crippen molar-refractivity contribution in [3.05, 3.63) is 54.2 Å². The first-order chi connectivity index (χ1) is 10.1. The molecule has 0 saturated carbocycles. The van der Waals surface area contributed by atoms with Crippen LogP contribution in [0.15, 0.2) is 48.7 Å². The smallest absolute Gasteiger partial charge is 0.231 e. The molecule has 5 nitrogen and oxygen atoms in total. The van der Waals surface area contributed by atoms with Crippen LogP contribution in [0.1, 0.15) is 18.9 Å². The Labute approximate surface area is 123 Å². The first kappa shape index (κ1) is 14.7. The third kappa shape index (κ3) is 5.06. The zero-order chi connectivity index (χ0) is 15.1. The summed E-state index contributed by atoms with van der Waals surface area (Å²) in [6.07, 6.45) is 1.44. The van der Waals surface area contributed by atoms with Crippen molar-refractivity contribution in [3.8, 4) is 0 Å². The third-order valence-electron chi connectivity index (χ3n) is 2.77. The second kappa shape index (κ2) is 7.19. The minimum Gasteiger partial charge on any atom is -0.366 e. The number of Topliss-reactive ketones (excluding diaryl/α,β-unsaturated/α-hetero) is 1. The number of carbonyl (C=O) groups is 2. The Balaban J connectivity index is 1.87. The van der Waals surface area contributed by atoms with Crippen molar-refractivity contribution in [2.75, 3.05) is 10.6 Å². The van der Waals surface area contributed by atoms with E-state index in [-0.39, 0.29) is 18.1 Å². The maximum absolute atomic E-state index is 11.4. The summed E-state index contributed by atoms with van der Waals surface area (Å²) in [4.78, 5) is 26.5. The van der Waals surface area contributed by atoms with Gasteiger partial charge in [-0.3, -0.25) is 9.59 Å². The summed E-state index contributed by atoms with van der Waals surface area (Å²) >= 11 is 0. The van der Waals surface area contributed by atoms with Gasteiger partial charge in [-0.2, -0.15) is 0 Å². The summed E-state index contributed by atoms with van der Waals surface area (Å²) in [5.74, 6) is 0.235. The van der Waals surface area contributed by atoms with Gasteiger partial charge in [-0.1, -0.05) is 30.3 Å². The molecule has 2 rings (SSSR count). The van der Waals surface area contributed by atoms with Crippen molar-refractivity contribution in [1.29, 1.82) is 0 Å². The van der Waals surface area contributed by atoms with Crippen molar-refractivity contribution in [1.82, 2.24) is 4.98 Å². The van der Waals surface area contributed by atoms with Gasteiger partial charge in [0.2, 0.25) is 5.91 Å². The van der Waals surface area contributed by atoms with Gasteiger partial charge in [0.05, 0.1) is 18.3 Å². The van der Waals surface area contributed by atoms with E-state index in [9.17, 15) is 9.59 Å². The van der Waals surface area contributed by atoms with Crippen molar-refractivity contribution in [2.45, 2.75) is 19.9 Å². The fraction of sp³-hybridized carbons (Fsp3) is 0.188. The number of anilines is 2. The largest absolute Gasteiger partial charge is 0.366 e. The van der Waals surface area contributed by atoms with Crippen molar-refractivity contribution < 1.29 is 9.59 Å². The molecule has 1 aromatic heterocycles. The summed E-state index contributed by atoms with van der Waals surface area (Å²) < 4.78 is 0. The summed E-state index contributed by atoms with van der Waals surface area (Å²) in [5, 5.41) is 5.82. The van der Waals surface area contributed by atoms with Gasteiger partial charge in [-0.25, -0.2) is 4.98 Å². The number of pyridine rings is 1. The number of rotatable bonds is 6. The van der Waals surface area contributed by atoms with Crippen LogP contribution in [0.4, 0.5) is 11.5 Å². The van der Waals surface area contributed by atoms with Crippen LogP contribution in [0.5, 0.6) is 0 Å². The number of amides is 1. The highest BCUT2D eigenvalue weighted by atomic mass is 16.2. The molecule has 1 amide bonds. The molecular formula is C16H17N3O2. The third-order valence-corrected chi connectivity index (χ3v) is 2.77. The Bertz CT molecular complexity index is 609. The minimum atomic E-state index is -0.325. The Kier molecular flexibility index (Phi) is 5.04. The highest BCUT2D eigenvalue weighted by Crippen LogP contribution is 2.11.